The number of methoxy groups -OCH3 is 1. The lowest BCUT2D eigenvalue weighted by Gasteiger charge is -2.10. The van der Waals surface area contributed by atoms with Crippen LogP contribution in [0.15, 0.2) is 12.1 Å². The molecule has 1 heterocycles. The molecule has 0 aliphatic heterocycles. The Labute approximate surface area is 117 Å². The van der Waals surface area contributed by atoms with Gasteiger partial charge in [-0.25, -0.2) is 18.2 Å². The average molecular weight is 299 g/mol. The zero-order valence-corrected chi connectivity index (χ0v) is 12.2. The molecule has 0 unspecified atom stereocenters. The van der Waals surface area contributed by atoms with Crippen LogP contribution in [0.4, 0.5) is 11.6 Å². The van der Waals surface area contributed by atoms with E-state index in [9.17, 15) is 13.2 Å². The van der Waals surface area contributed by atoms with Crippen molar-refractivity contribution in [3.8, 4) is 0 Å². The van der Waals surface area contributed by atoms with Crippen molar-refractivity contribution in [2.75, 3.05) is 29.9 Å². The van der Waals surface area contributed by atoms with Gasteiger partial charge in [0.15, 0.2) is 9.84 Å². The van der Waals surface area contributed by atoms with E-state index in [2.05, 4.69) is 20.4 Å². The molecule has 1 aromatic heterocycles. The molecular weight excluding hydrogens is 282 g/mol. The van der Waals surface area contributed by atoms with Crippen LogP contribution in [0.3, 0.4) is 0 Å². The van der Waals surface area contributed by atoms with Crippen LogP contribution in [0.2, 0.25) is 0 Å². The van der Waals surface area contributed by atoms with Gasteiger partial charge in [-0.2, -0.15) is 0 Å². The van der Waals surface area contributed by atoms with Crippen LogP contribution in [0.1, 0.15) is 23.2 Å². The Morgan fingerprint density at radius 1 is 1.40 bits per heavy atom. The van der Waals surface area contributed by atoms with E-state index in [0.29, 0.717) is 23.2 Å². The molecule has 7 nitrogen and oxygen atoms in total. The topological polar surface area (TPSA) is 97.4 Å². The van der Waals surface area contributed by atoms with Crippen molar-refractivity contribution in [1.82, 2.24) is 4.98 Å². The number of nitrogens with zero attached hydrogens (tertiary/aromatic N) is 1. The lowest BCUT2D eigenvalue weighted by Crippen LogP contribution is -2.15. The SMILES string of the molecule is COC(=O)c1cc(NCS(C)(=O)=O)nc(NC2CC2)c1. The Morgan fingerprint density at radius 2 is 2.05 bits per heavy atom. The van der Waals surface area contributed by atoms with Crippen molar-refractivity contribution < 1.29 is 17.9 Å². The van der Waals surface area contributed by atoms with E-state index in [-0.39, 0.29) is 5.88 Å². The zero-order chi connectivity index (χ0) is 14.8. The molecule has 20 heavy (non-hydrogen) atoms. The monoisotopic (exact) mass is 299 g/mol. The van der Waals surface area contributed by atoms with Crippen molar-refractivity contribution in [2.45, 2.75) is 18.9 Å². The Morgan fingerprint density at radius 3 is 2.60 bits per heavy atom. The van der Waals surface area contributed by atoms with Gasteiger partial charge in [0, 0.05) is 12.3 Å². The molecule has 0 amide bonds. The lowest BCUT2D eigenvalue weighted by atomic mass is 10.2. The second-order valence-corrected chi connectivity index (χ2v) is 6.92. The molecule has 110 valence electrons. The summed E-state index contributed by atoms with van der Waals surface area (Å²) in [6.45, 7) is 0. The standard InChI is InChI=1S/C12H17N3O4S/c1-19-12(16)8-5-10(13-7-20(2,17)18)15-11(6-8)14-9-3-4-9/h5-6,9H,3-4,7H2,1-2H3,(H2,13,14,15). The van der Waals surface area contributed by atoms with Crippen molar-refractivity contribution in [3.05, 3.63) is 17.7 Å². The number of ether oxygens (including phenoxy) is 1. The highest BCUT2D eigenvalue weighted by atomic mass is 32.2. The molecule has 2 rings (SSSR count). The molecule has 0 bridgehead atoms. The zero-order valence-electron chi connectivity index (χ0n) is 11.3. The number of sulfone groups is 1. The minimum absolute atomic E-state index is 0.243. The molecule has 1 aliphatic rings. The predicted molar refractivity (Wildman–Crippen MR) is 75.6 cm³/mol. The summed E-state index contributed by atoms with van der Waals surface area (Å²) in [7, 11) is -1.88. The third-order valence-electron chi connectivity index (χ3n) is 2.69. The van der Waals surface area contributed by atoms with Crippen LogP contribution in [-0.4, -0.2) is 44.7 Å². The van der Waals surface area contributed by atoms with Gasteiger partial charge in [-0.3, -0.25) is 0 Å². The van der Waals surface area contributed by atoms with Crippen LogP contribution in [-0.2, 0) is 14.6 Å². The third kappa shape index (κ3) is 4.37. The van der Waals surface area contributed by atoms with Crippen LogP contribution in [0, 0.1) is 0 Å². The maximum Gasteiger partial charge on any atom is 0.338 e. The number of esters is 1. The van der Waals surface area contributed by atoms with E-state index in [1.807, 2.05) is 0 Å². The van der Waals surface area contributed by atoms with Crippen molar-refractivity contribution >= 4 is 27.4 Å². The van der Waals surface area contributed by atoms with Crippen molar-refractivity contribution in [1.29, 1.82) is 0 Å². The van der Waals surface area contributed by atoms with Gasteiger partial charge in [-0.05, 0) is 25.0 Å². The normalized spacial score (nSPS) is 14.7. The van der Waals surface area contributed by atoms with Crippen molar-refractivity contribution in [3.63, 3.8) is 0 Å². The summed E-state index contributed by atoms with van der Waals surface area (Å²) in [6, 6.07) is 3.43. The van der Waals surface area contributed by atoms with Crippen LogP contribution in [0.25, 0.3) is 0 Å². The highest BCUT2D eigenvalue weighted by Crippen LogP contribution is 2.25. The van der Waals surface area contributed by atoms with Gasteiger partial charge in [0.05, 0.1) is 12.7 Å². The number of rotatable bonds is 6. The van der Waals surface area contributed by atoms with E-state index in [0.717, 1.165) is 19.1 Å². The second kappa shape index (κ2) is 5.66. The van der Waals surface area contributed by atoms with Gasteiger partial charge >= 0.3 is 5.97 Å². The number of anilines is 2. The first-order valence-electron chi connectivity index (χ1n) is 6.16. The Hall–Kier alpha value is -1.83. The van der Waals surface area contributed by atoms with Gasteiger partial charge in [-0.1, -0.05) is 0 Å². The molecule has 0 radical (unpaired) electrons. The fraction of sp³-hybridized carbons (Fsp3) is 0.500. The van der Waals surface area contributed by atoms with Gasteiger partial charge in [0.2, 0.25) is 0 Å². The highest BCUT2D eigenvalue weighted by molar-refractivity contribution is 7.90. The minimum atomic E-state index is -3.17. The summed E-state index contributed by atoms with van der Waals surface area (Å²) >= 11 is 0. The van der Waals surface area contributed by atoms with E-state index in [1.165, 1.54) is 13.2 Å². The molecule has 0 spiro atoms. The number of aromatic nitrogens is 1. The van der Waals surface area contributed by atoms with Gasteiger partial charge in [0.25, 0.3) is 0 Å². The third-order valence-corrected chi connectivity index (χ3v) is 3.36. The van der Waals surface area contributed by atoms with Gasteiger partial charge in [-0.15, -0.1) is 0 Å². The second-order valence-electron chi connectivity index (χ2n) is 4.78. The maximum atomic E-state index is 11.6. The molecule has 8 heteroatoms. The van der Waals surface area contributed by atoms with E-state index in [4.69, 9.17) is 0 Å². The van der Waals surface area contributed by atoms with Gasteiger partial charge < -0.3 is 15.4 Å². The molecular formula is C12H17N3O4S. The predicted octanol–water partition coefficient (Wildman–Crippen LogP) is 0.856. The van der Waals surface area contributed by atoms with Crippen molar-refractivity contribution in [2.24, 2.45) is 0 Å². The number of nitrogens with one attached hydrogen (secondary N) is 2. The summed E-state index contributed by atoms with van der Waals surface area (Å²) in [6.07, 6.45) is 3.25. The Kier molecular flexibility index (Phi) is 4.12. The first kappa shape index (κ1) is 14.6. The molecule has 0 atom stereocenters. The number of carbonyl (C=O) groups excluding carboxylic acids is 1. The average Bonchev–Trinajstić information content (AvgIpc) is 3.18. The number of hydrogen-bond donors (Lipinski definition) is 2. The number of hydrogen-bond acceptors (Lipinski definition) is 7. The lowest BCUT2D eigenvalue weighted by molar-refractivity contribution is 0.0600. The van der Waals surface area contributed by atoms with E-state index < -0.39 is 15.8 Å². The Bertz CT molecular complexity index is 611. The summed E-state index contributed by atoms with van der Waals surface area (Å²) < 4.78 is 27.0. The van der Waals surface area contributed by atoms with E-state index in [1.54, 1.807) is 6.07 Å². The number of carbonyl (C=O) groups is 1. The summed E-state index contributed by atoms with van der Waals surface area (Å²) in [5.74, 6) is 0.120. The van der Waals surface area contributed by atoms with Gasteiger partial charge in [0.1, 0.15) is 17.5 Å². The Balaban J connectivity index is 2.21. The molecule has 1 fully saturated rings. The van der Waals surface area contributed by atoms with Crippen LogP contribution in [0.5, 0.6) is 0 Å². The molecule has 1 aliphatic carbocycles. The van der Waals surface area contributed by atoms with Crippen LogP contribution < -0.4 is 10.6 Å². The fourth-order valence-corrected chi connectivity index (χ4v) is 1.98. The minimum Gasteiger partial charge on any atom is -0.465 e. The maximum absolute atomic E-state index is 11.6. The van der Waals surface area contributed by atoms with E-state index >= 15 is 0 Å². The largest absolute Gasteiger partial charge is 0.465 e. The van der Waals surface area contributed by atoms with Crippen LogP contribution >= 0.6 is 0 Å². The summed E-state index contributed by atoms with van der Waals surface area (Å²) in [4.78, 5) is 15.8. The first-order chi connectivity index (χ1) is 9.37. The molecule has 1 saturated carbocycles. The summed E-state index contributed by atoms with van der Waals surface area (Å²) in [5.41, 5.74) is 0.321. The fourth-order valence-electron chi connectivity index (χ4n) is 1.57. The molecule has 0 saturated heterocycles. The quantitative estimate of drug-likeness (QED) is 0.752. The highest BCUT2D eigenvalue weighted by Gasteiger charge is 2.22. The smallest absolute Gasteiger partial charge is 0.338 e. The molecule has 1 aromatic rings. The molecule has 0 aromatic carbocycles. The molecule has 2 N–H and O–H groups in total. The summed E-state index contributed by atoms with van der Waals surface area (Å²) in [5, 5.41) is 5.86. The first-order valence-corrected chi connectivity index (χ1v) is 8.22. The number of pyridine rings is 1.